The summed E-state index contributed by atoms with van der Waals surface area (Å²) in [5.74, 6) is 1.22. The van der Waals surface area contributed by atoms with Crippen LogP contribution < -0.4 is 14.8 Å². The summed E-state index contributed by atoms with van der Waals surface area (Å²) in [6.07, 6.45) is 0.967. The van der Waals surface area contributed by atoms with Crippen LogP contribution in [0.5, 0.6) is 17.4 Å². The summed E-state index contributed by atoms with van der Waals surface area (Å²) < 4.78 is 10.9. The van der Waals surface area contributed by atoms with Crippen LogP contribution in [0.1, 0.15) is 23.6 Å². The highest BCUT2D eigenvalue weighted by atomic mass is 16.5. The van der Waals surface area contributed by atoms with Crippen molar-refractivity contribution in [3.63, 3.8) is 0 Å². The van der Waals surface area contributed by atoms with Crippen LogP contribution >= 0.6 is 0 Å². The number of hydrogen-bond acceptors (Lipinski definition) is 5. The molecule has 0 fully saturated rings. The molecular weight excluding hydrogens is 414 g/mol. The van der Waals surface area contributed by atoms with Crippen LogP contribution in [0.25, 0.3) is 10.9 Å². The van der Waals surface area contributed by atoms with Gasteiger partial charge in [0.15, 0.2) is 17.4 Å². The minimum absolute atomic E-state index is 0.0465. The molecule has 0 saturated heterocycles. The molecule has 4 rings (SSSR count). The standard InChI is InChI=1S/C27H29N3O3/c1-4-28-15-14-18-10-12-20(13-11-18)29-26(19-8-6-5-7-9-19)25-21-16-23(32-2)24(33-3)17-22(21)30-27(25)31/h5-13,16-17,28,30-31H,4,14-15H2,1-3H3. The summed E-state index contributed by atoms with van der Waals surface area (Å²) in [4.78, 5) is 8.03. The lowest BCUT2D eigenvalue weighted by Gasteiger charge is -2.10. The van der Waals surface area contributed by atoms with E-state index in [2.05, 4.69) is 29.4 Å². The highest BCUT2D eigenvalue weighted by molar-refractivity contribution is 6.22. The van der Waals surface area contributed by atoms with E-state index in [1.165, 1.54) is 5.56 Å². The summed E-state index contributed by atoms with van der Waals surface area (Å²) in [6, 6.07) is 21.8. The number of ether oxygens (including phenoxy) is 2. The maximum atomic E-state index is 10.9. The van der Waals surface area contributed by atoms with Crippen LogP contribution in [0, 0.1) is 0 Å². The van der Waals surface area contributed by atoms with Crippen LogP contribution in [0.2, 0.25) is 0 Å². The molecule has 0 saturated carbocycles. The smallest absolute Gasteiger partial charge is 0.199 e. The van der Waals surface area contributed by atoms with Crippen LogP contribution in [-0.4, -0.2) is 43.1 Å². The first kappa shape index (κ1) is 22.4. The Morgan fingerprint density at radius 3 is 2.33 bits per heavy atom. The molecule has 1 aromatic heterocycles. The number of rotatable bonds is 9. The fourth-order valence-corrected chi connectivity index (χ4v) is 3.88. The predicted molar refractivity (Wildman–Crippen MR) is 133 cm³/mol. The number of benzene rings is 3. The second kappa shape index (κ2) is 10.2. The minimum atomic E-state index is 0.0465. The average molecular weight is 444 g/mol. The maximum Gasteiger partial charge on any atom is 0.199 e. The van der Waals surface area contributed by atoms with E-state index in [0.29, 0.717) is 22.8 Å². The molecular formula is C27H29N3O3. The molecule has 4 aromatic rings. The van der Waals surface area contributed by atoms with E-state index in [9.17, 15) is 5.11 Å². The molecule has 170 valence electrons. The number of hydrogen-bond donors (Lipinski definition) is 3. The number of nitrogens with one attached hydrogen (secondary N) is 2. The van der Waals surface area contributed by atoms with Gasteiger partial charge in [-0.05, 0) is 43.3 Å². The fraction of sp³-hybridized carbons (Fsp3) is 0.222. The number of aromatic hydroxyl groups is 1. The molecule has 3 aromatic carbocycles. The molecule has 33 heavy (non-hydrogen) atoms. The lowest BCUT2D eigenvalue weighted by atomic mass is 10.0. The number of aliphatic imine (C=N–C) groups is 1. The minimum Gasteiger partial charge on any atom is -0.494 e. The number of methoxy groups -OCH3 is 2. The van der Waals surface area contributed by atoms with Gasteiger partial charge in [-0.2, -0.15) is 0 Å². The summed E-state index contributed by atoms with van der Waals surface area (Å²) in [7, 11) is 3.19. The predicted octanol–water partition coefficient (Wildman–Crippen LogP) is 5.21. The van der Waals surface area contributed by atoms with Crippen molar-refractivity contribution < 1.29 is 14.6 Å². The molecule has 0 radical (unpaired) electrons. The number of H-pyrrole nitrogens is 1. The normalized spacial score (nSPS) is 11.7. The van der Waals surface area contributed by atoms with Crippen molar-refractivity contribution in [1.29, 1.82) is 0 Å². The Bertz CT molecular complexity index is 1250. The molecule has 0 atom stereocenters. The van der Waals surface area contributed by atoms with Gasteiger partial charge in [-0.3, -0.25) is 0 Å². The van der Waals surface area contributed by atoms with Crippen molar-refractivity contribution in [2.75, 3.05) is 27.3 Å². The molecule has 6 heteroatoms. The van der Waals surface area contributed by atoms with Gasteiger partial charge in [0, 0.05) is 17.0 Å². The number of nitrogens with zero attached hydrogens (tertiary/aromatic N) is 1. The zero-order valence-electron chi connectivity index (χ0n) is 19.2. The monoisotopic (exact) mass is 443 g/mol. The van der Waals surface area contributed by atoms with E-state index in [-0.39, 0.29) is 5.88 Å². The van der Waals surface area contributed by atoms with Crippen LogP contribution in [-0.2, 0) is 6.42 Å². The Balaban J connectivity index is 1.82. The van der Waals surface area contributed by atoms with Gasteiger partial charge in [0.2, 0.25) is 0 Å². The summed E-state index contributed by atoms with van der Waals surface area (Å²) >= 11 is 0. The van der Waals surface area contributed by atoms with Gasteiger partial charge < -0.3 is 24.9 Å². The first-order valence-electron chi connectivity index (χ1n) is 11.1. The Kier molecular flexibility index (Phi) is 6.95. The van der Waals surface area contributed by atoms with Crippen molar-refractivity contribution in [3.05, 3.63) is 83.4 Å². The van der Waals surface area contributed by atoms with E-state index < -0.39 is 0 Å². The van der Waals surface area contributed by atoms with Gasteiger partial charge >= 0.3 is 0 Å². The molecule has 0 aliphatic rings. The quantitative estimate of drug-likeness (QED) is 0.245. The number of fused-ring (bicyclic) bond motifs is 1. The Morgan fingerprint density at radius 2 is 1.67 bits per heavy atom. The van der Waals surface area contributed by atoms with Crippen molar-refractivity contribution in [1.82, 2.24) is 10.3 Å². The second-order valence-corrected chi connectivity index (χ2v) is 7.70. The van der Waals surface area contributed by atoms with Crippen molar-refractivity contribution >= 4 is 22.3 Å². The van der Waals surface area contributed by atoms with Gasteiger partial charge in [0.05, 0.1) is 36.7 Å². The van der Waals surface area contributed by atoms with E-state index >= 15 is 0 Å². The van der Waals surface area contributed by atoms with Gasteiger partial charge in [-0.15, -0.1) is 0 Å². The molecule has 0 bridgehead atoms. The zero-order chi connectivity index (χ0) is 23.2. The zero-order valence-corrected chi connectivity index (χ0v) is 19.2. The number of aromatic amines is 1. The summed E-state index contributed by atoms with van der Waals surface area (Å²) in [5, 5.41) is 15.1. The van der Waals surface area contributed by atoms with Crippen LogP contribution in [0.4, 0.5) is 5.69 Å². The van der Waals surface area contributed by atoms with Crippen LogP contribution in [0.15, 0.2) is 71.7 Å². The van der Waals surface area contributed by atoms with E-state index in [1.807, 2.05) is 54.6 Å². The van der Waals surface area contributed by atoms with Gasteiger partial charge in [-0.25, -0.2) is 4.99 Å². The van der Waals surface area contributed by atoms with Gasteiger partial charge in [0.25, 0.3) is 0 Å². The Morgan fingerprint density at radius 1 is 0.970 bits per heavy atom. The van der Waals surface area contributed by atoms with E-state index in [4.69, 9.17) is 14.5 Å². The average Bonchev–Trinajstić information content (AvgIpc) is 3.17. The SMILES string of the molecule is CCNCCc1ccc(N=C(c2ccccc2)c2c(O)[nH]c3cc(OC)c(OC)cc23)cc1. The Labute approximate surface area is 193 Å². The fourth-order valence-electron chi connectivity index (χ4n) is 3.88. The molecule has 0 amide bonds. The van der Waals surface area contributed by atoms with Gasteiger partial charge in [-0.1, -0.05) is 49.4 Å². The highest BCUT2D eigenvalue weighted by Crippen LogP contribution is 2.38. The van der Waals surface area contributed by atoms with E-state index in [1.54, 1.807) is 14.2 Å². The largest absolute Gasteiger partial charge is 0.494 e. The maximum absolute atomic E-state index is 10.9. The number of likely N-dealkylation sites (N-methyl/N-ethyl adjacent to an activating group) is 1. The molecule has 0 aliphatic carbocycles. The third-order valence-electron chi connectivity index (χ3n) is 5.58. The molecule has 0 spiro atoms. The lowest BCUT2D eigenvalue weighted by molar-refractivity contribution is 0.356. The molecule has 0 aliphatic heterocycles. The Hall–Kier alpha value is -3.77. The lowest BCUT2D eigenvalue weighted by Crippen LogP contribution is -2.15. The molecule has 1 heterocycles. The summed E-state index contributed by atoms with van der Waals surface area (Å²) in [5.41, 5.74) is 5.00. The van der Waals surface area contributed by atoms with E-state index in [0.717, 1.165) is 41.7 Å². The summed E-state index contributed by atoms with van der Waals surface area (Å²) in [6.45, 7) is 4.02. The first-order chi connectivity index (χ1) is 16.1. The molecule has 0 unspecified atom stereocenters. The van der Waals surface area contributed by atoms with Crippen LogP contribution in [0.3, 0.4) is 0 Å². The molecule has 6 nitrogen and oxygen atoms in total. The number of aromatic nitrogens is 1. The third-order valence-corrected chi connectivity index (χ3v) is 5.58. The first-order valence-corrected chi connectivity index (χ1v) is 11.1. The second-order valence-electron chi connectivity index (χ2n) is 7.70. The topological polar surface area (TPSA) is 78.9 Å². The third kappa shape index (κ3) is 4.86. The van der Waals surface area contributed by atoms with Crippen molar-refractivity contribution in [2.45, 2.75) is 13.3 Å². The highest BCUT2D eigenvalue weighted by Gasteiger charge is 2.21. The van der Waals surface area contributed by atoms with Gasteiger partial charge in [0.1, 0.15) is 0 Å². The molecule has 3 N–H and O–H groups in total. The van der Waals surface area contributed by atoms with Crippen molar-refractivity contribution in [3.8, 4) is 17.4 Å². The van der Waals surface area contributed by atoms with Crippen molar-refractivity contribution in [2.24, 2.45) is 4.99 Å².